The molecule has 0 radical (unpaired) electrons. The van der Waals surface area contributed by atoms with Crippen molar-refractivity contribution in [3.63, 3.8) is 0 Å². The van der Waals surface area contributed by atoms with Gasteiger partial charge in [0, 0.05) is 19.3 Å². The third-order valence-corrected chi connectivity index (χ3v) is 4.53. The van der Waals surface area contributed by atoms with Crippen LogP contribution in [0.1, 0.15) is 37.7 Å². The van der Waals surface area contributed by atoms with E-state index in [2.05, 4.69) is 6.07 Å². The zero-order valence-electron chi connectivity index (χ0n) is 13.3. The molecule has 1 aromatic heterocycles. The van der Waals surface area contributed by atoms with Gasteiger partial charge in [-0.25, -0.2) is 0 Å². The first kappa shape index (κ1) is 18.0. The molecule has 0 spiro atoms. The van der Waals surface area contributed by atoms with E-state index in [0.717, 1.165) is 36.1 Å². The Bertz CT molecular complexity index is 713. The lowest BCUT2D eigenvalue weighted by atomic mass is 9.81. The van der Waals surface area contributed by atoms with Gasteiger partial charge in [0.1, 0.15) is 12.1 Å². The smallest absolute Gasteiger partial charge is 0.325 e. The van der Waals surface area contributed by atoms with Crippen LogP contribution in [-0.2, 0) is 17.5 Å². The lowest BCUT2D eigenvalue weighted by molar-refractivity contribution is -0.137. The van der Waals surface area contributed by atoms with Crippen LogP contribution >= 0.6 is 0 Å². The Labute approximate surface area is 137 Å². The molecule has 1 aliphatic carbocycles. The summed E-state index contributed by atoms with van der Waals surface area (Å²) < 4.78 is 38.6. The first-order valence-electron chi connectivity index (χ1n) is 7.65. The second kappa shape index (κ2) is 6.67. The summed E-state index contributed by atoms with van der Waals surface area (Å²) in [4.78, 5) is 25.5. The Morgan fingerprint density at radius 3 is 2.50 bits per heavy atom. The summed E-state index contributed by atoms with van der Waals surface area (Å²) in [5.74, 6) is -0.472. The highest BCUT2D eigenvalue weighted by Gasteiger charge is 2.39. The van der Waals surface area contributed by atoms with Gasteiger partial charge in [-0.15, -0.1) is 0 Å². The average Bonchev–Trinajstić information content (AvgIpc) is 2.55. The SMILES string of the molecule is CN(C(=O)Cn1ccc(C(F)(F)F)cc1=O)C1(C#N)CCCCC1. The van der Waals surface area contributed by atoms with Crippen LogP contribution in [0.5, 0.6) is 0 Å². The Balaban J connectivity index is 2.17. The Kier molecular flexibility index (Phi) is 5.02. The molecule has 24 heavy (non-hydrogen) atoms. The zero-order valence-corrected chi connectivity index (χ0v) is 13.3. The minimum Gasteiger partial charge on any atom is -0.325 e. The minimum atomic E-state index is -4.61. The van der Waals surface area contributed by atoms with Gasteiger partial charge in [0.05, 0.1) is 11.6 Å². The quantitative estimate of drug-likeness (QED) is 0.849. The number of aromatic nitrogens is 1. The van der Waals surface area contributed by atoms with Crippen molar-refractivity contribution in [3.8, 4) is 6.07 Å². The minimum absolute atomic E-state index is 0.392. The zero-order chi connectivity index (χ0) is 18.0. The first-order valence-corrected chi connectivity index (χ1v) is 7.65. The van der Waals surface area contributed by atoms with Crippen molar-refractivity contribution in [1.82, 2.24) is 9.47 Å². The number of hydrogen-bond donors (Lipinski definition) is 0. The molecule has 1 heterocycles. The van der Waals surface area contributed by atoms with Crippen LogP contribution in [0, 0.1) is 11.3 Å². The molecule has 130 valence electrons. The van der Waals surface area contributed by atoms with Crippen molar-refractivity contribution in [2.45, 2.75) is 50.4 Å². The van der Waals surface area contributed by atoms with Gasteiger partial charge in [0.15, 0.2) is 0 Å². The standard InChI is InChI=1S/C16H18F3N3O2/c1-21(15(11-20)6-3-2-4-7-15)14(24)10-22-8-5-12(9-13(22)23)16(17,18)19/h5,8-9H,2-4,6-7,10H2,1H3. The molecule has 0 atom stereocenters. The second-order valence-corrected chi connectivity index (χ2v) is 6.04. The van der Waals surface area contributed by atoms with E-state index in [-0.39, 0.29) is 0 Å². The van der Waals surface area contributed by atoms with Gasteiger partial charge in [-0.05, 0) is 18.9 Å². The molecule has 1 aromatic rings. The molecular weight excluding hydrogens is 323 g/mol. The lowest BCUT2D eigenvalue weighted by Gasteiger charge is -2.39. The fourth-order valence-electron chi connectivity index (χ4n) is 2.96. The van der Waals surface area contributed by atoms with Crippen molar-refractivity contribution >= 4 is 5.91 Å². The van der Waals surface area contributed by atoms with Crippen LogP contribution in [0.15, 0.2) is 23.1 Å². The predicted molar refractivity (Wildman–Crippen MR) is 79.9 cm³/mol. The number of halogens is 3. The number of likely N-dealkylation sites (N-methyl/N-ethyl adjacent to an activating group) is 1. The molecule has 8 heteroatoms. The largest absolute Gasteiger partial charge is 0.416 e. The number of nitriles is 1. The van der Waals surface area contributed by atoms with Gasteiger partial charge in [-0.1, -0.05) is 19.3 Å². The Hall–Kier alpha value is -2.30. The number of pyridine rings is 1. The molecule has 1 aliphatic rings. The maximum atomic E-state index is 12.6. The van der Waals surface area contributed by atoms with Gasteiger partial charge < -0.3 is 9.47 Å². The number of rotatable bonds is 3. The van der Waals surface area contributed by atoms with Crippen LogP contribution in [-0.4, -0.2) is 28.0 Å². The summed E-state index contributed by atoms with van der Waals surface area (Å²) in [5, 5.41) is 9.47. The van der Waals surface area contributed by atoms with Crippen molar-refractivity contribution in [1.29, 1.82) is 5.26 Å². The molecular formula is C16H18F3N3O2. The van der Waals surface area contributed by atoms with Crippen molar-refractivity contribution < 1.29 is 18.0 Å². The van der Waals surface area contributed by atoms with E-state index in [1.807, 2.05) is 0 Å². The molecule has 2 rings (SSSR count). The van der Waals surface area contributed by atoms with E-state index >= 15 is 0 Å². The summed E-state index contributed by atoms with van der Waals surface area (Å²) in [6.07, 6.45) is 0.158. The number of hydrogen-bond acceptors (Lipinski definition) is 3. The van der Waals surface area contributed by atoms with Crippen molar-refractivity contribution in [2.24, 2.45) is 0 Å². The van der Waals surface area contributed by atoms with Gasteiger partial charge >= 0.3 is 6.18 Å². The fraction of sp³-hybridized carbons (Fsp3) is 0.562. The highest BCUT2D eigenvalue weighted by molar-refractivity contribution is 5.77. The number of carbonyl (C=O) groups excluding carboxylic acids is 1. The third kappa shape index (κ3) is 3.61. The molecule has 5 nitrogen and oxygen atoms in total. The van der Waals surface area contributed by atoms with Gasteiger partial charge in [0.25, 0.3) is 5.56 Å². The predicted octanol–water partition coefficient (Wildman–Crippen LogP) is 2.55. The third-order valence-electron chi connectivity index (χ3n) is 4.53. The monoisotopic (exact) mass is 341 g/mol. The summed E-state index contributed by atoms with van der Waals surface area (Å²) in [6, 6.07) is 3.42. The molecule has 0 aliphatic heterocycles. The van der Waals surface area contributed by atoms with Crippen molar-refractivity contribution in [3.05, 3.63) is 34.2 Å². The Morgan fingerprint density at radius 1 is 1.38 bits per heavy atom. The number of amides is 1. The first-order chi connectivity index (χ1) is 11.2. The van der Waals surface area contributed by atoms with Gasteiger partial charge in [-0.2, -0.15) is 18.4 Å². The second-order valence-electron chi connectivity index (χ2n) is 6.04. The molecule has 0 N–H and O–H groups in total. The summed E-state index contributed by atoms with van der Waals surface area (Å²) in [5.41, 5.74) is -2.85. The van der Waals surface area contributed by atoms with Crippen LogP contribution in [0.25, 0.3) is 0 Å². The summed E-state index contributed by atoms with van der Waals surface area (Å²) >= 11 is 0. The fourth-order valence-corrected chi connectivity index (χ4v) is 2.96. The summed E-state index contributed by atoms with van der Waals surface area (Å²) in [6.45, 7) is -0.392. The van der Waals surface area contributed by atoms with Crippen molar-refractivity contribution in [2.75, 3.05) is 7.05 Å². The maximum Gasteiger partial charge on any atom is 0.416 e. The molecule has 0 aromatic carbocycles. The molecule has 1 fully saturated rings. The van der Waals surface area contributed by atoms with E-state index in [1.54, 1.807) is 0 Å². The number of alkyl halides is 3. The van der Waals surface area contributed by atoms with E-state index in [1.165, 1.54) is 11.9 Å². The van der Waals surface area contributed by atoms with E-state index in [4.69, 9.17) is 0 Å². The van der Waals surface area contributed by atoms with E-state index in [0.29, 0.717) is 18.9 Å². The number of carbonyl (C=O) groups is 1. The molecule has 0 unspecified atom stereocenters. The normalized spacial score (nSPS) is 17.1. The van der Waals surface area contributed by atoms with Crippen LogP contribution in [0.4, 0.5) is 13.2 Å². The van der Waals surface area contributed by atoms with E-state index in [9.17, 15) is 28.0 Å². The highest BCUT2D eigenvalue weighted by atomic mass is 19.4. The lowest BCUT2D eigenvalue weighted by Crippen LogP contribution is -2.51. The maximum absolute atomic E-state index is 12.6. The highest BCUT2D eigenvalue weighted by Crippen LogP contribution is 2.32. The van der Waals surface area contributed by atoms with Crippen LogP contribution in [0.3, 0.4) is 0 Å². The van der Waals surface area contributed by atoms with Gasteiger partial charge in [0.2, 0.25) is 5.91 Å². The molecule has 1 saturated carbocycles. The van der Waals surface area contributed by atoms with Crippen LogP contribution in [0.2, 0.25) is 0 Å². The van der Waals surface area contributed by atoms with E-state index < -0.39 is 35.3 Å². The molecule has 1 amide bonds. The summed E-state index contributed by atoms with van der Waals surface area (Å²) in [7, 11) is 1.51. The molecule has 0 bridgehead atoms. The number of nitrogens with zero attached hydrogens (tertiary/aromatic N) is 3. The van der Waals surface area contributed by atoms with Crippen LogP contribution < -0.4 is 5.56 Å². The van der Waals surface area contributed by atoms with Gasteiger partial charge in [-0.3, -0.25) is 9.59 Å². The molecule has 0 saturated heterocycles. The topological polar surface area (TPSA) is 66.1 Å². The Morgan fingerprint density at radius 2 is 2.00 bits per heavy atom. The average molecular weight is 341 g/mol.